The molecule has 1 N–H and O–H groups in total. The van der Waals surface area contributed by atoms with Gasteiger partial charge >= 0.3 is 11.9 Å². The minimum absolute atomic E-state index is 0.278. The summed E-state index contributed by atoms with van der Waals surface area (Å²) in [6.45, 7) is 3.18. The molecule has 36 heavy (non-hydrogen) atoms. The molecule has 0 saturated carbocycles. The molecule has 0 aliphatic carbocycles. The molecule has 0 fully saturated rings. The summed E-state index contributed by atoms with van der Waals surface area (Å²) in [6.07, 6.45) is 12.5. The van der Waals surface area contributed by atoms with E-state index in [2.05, 4.69) is 78.0 Å². The number of unbranched alkanes of at least 4 members (excludes halogenated alkanes) is 10. The van der Waals surface area contributed by atoms with Crippen LogP contribution in [0.1, 0.15) is 90.9 Å². The second kappa shape index (κ2) is 25.9. The first-order valence-corrected chi connectivity index (χ1v) is 12.5. The SMILES string of the molecule is CC#CC#CC#CC#CC#CC#CC(=O)OC[C@@H](CO)OC(=O)CCCCCCCCCCCCC. The van der Waals surface area contributed by atoms with Crippen molar-refractivity contribution in [2.45, 2.75) is 97.0 Å². The Labute approximate surface area is 217 Å². The molecule has 0 rings (SSSR count). The number of rotatable bonds is 16. The topological polar surface area (TPSA) is 72.8 Å². The lowest BCUT2D eigenvalue weighted by atomic mass is 10.1. The number of esters is 2. The summed E-state index contributed by atoms with van der Waals surface area (Å²) in [5.41, 5.74) is 0. The van der Waals surface area contributed by atoms with Gasteiger partial charge in [0.2, 0.25) is 0 Å². The molecule has 0 aliphatic rings. The monoisotopic (exact) mass is 488 g/mol. The molecule has 0 aromatic carbocycles. The molecular weight excluding hydrogens is 452 g/mol. The highest BCUT2D eigenvalue weighted by Crippen LogP contribution is 2.12. The number of carbonyl (C=O) groups excluding carboxylic acids is 2. The van der Waals surface area contributed by atoms with E-state index in [4.69, 9.17) is 9.47 Å². The molecule has 0 bridgehead atoms. The molecule has 190 valence electrons. The van der Waals surface area contributed by atoms with Gasteiger partial charge in [0, 0.05) is 12.3 Å². The lowest BCUT2D eigenvalue weighted by Crippen LogP contribution is -2.28. The van der Waals surface area contributed by atoms with Crippen molar-refractivity contribution in [3.63, 3.8) is 0 Å². The number of aliphatic hydroxyl groups excluding tert-OH is 1. The van der Waals surface area contributed by atoms with E-state index in [1.807, 2.05) is 0 Å². The first-order chi connectivity index (χ1) is 17.6. The highest BCUT2D eigenvalue weighted by Gasteiger charge is 2.15. The van der Waals surface area contributed by atoms with Gasteiger partial charge in [0.05, 0.1) is 6.61 Å². The molecule has 0 amide bonds. The summed E-state index contributed by atoms with van der Waals surface area (Å²) in [6, 6.07) is 0. The number of ether oxygens (including phenoxy) is 2. The van der Waals surface area contributed by atoms with Crippen molar-refractivity contribution in [3.8, 4) is 71.0 Å². The maximum atomic E-state index is 11.9. The second-order valence-electron chi connectivity index (χ2n) is 7.80. The molecule has 5 nitrogen and oxygen atoms in total. The minimum Gasteiger partial charge on any atom is -0.456 e. The maximum Gasteiger partial charge on any atom is 0.385 e. The normalized spacial score (nSPS) is 9.31. The Morgan fingerprint density at radius 2 is 1.17 bits per heavy atom. The molecule has 1 atom stereocenters. The van der Waals surface area contributed by atoms with Crippen molar-refractivity contribution < 1.29 is 24.2 Å². The van der Waals surface area contributed by atoms with Crippen LogP contribution in [0.4, 0.5) is 0 Å². The van der Waals surface area contributed by atoms with Crippen molar-refractivity contribution in [3.05, 3.63) is 0 Å². The van der Waals surface area contributed by atoms with Crippen molar-refractivity contribution in [1.29, 1.82) is 0 Å². The Morgan fingerprint density at radius 1 is 0.694 bits per heavy atom. The quantitative estimate of drug-likeness (QED) is 0.153. The van der Waals surface area contributed by atoms with Gasteiger partial charge in [-0.1, -0.05) is 77.1 Å². The molecule has 0 aliphatic heterocycles. The van der Waals surface area contributed by atoms with E-state index < -0.39 is 24.6 Å². The van der Waals surface area contributed by atoms with E-state index in [0.29, 0.717) is 0 Å². The van der Waals surface area contributed by atoms with Crippen LogP contribution >= 0.6 is 0 Å². The van der Waals surface area contributed by atoms with E-state index in [1.54, 1.807) is 6.92 Å². The molecule has 0 heterocycles. The largest absolute Gasteiger partial charge is 0.456 e. The molecule has 0 radical (unpaired) electrons. The minimum atomic E-state index is -0.919. The lowest BCUT2D eigenvalue weighted by Gasteiger charge is -2.14. The van der Waals surface area contributed by atoms with Crippen LogP contribution in [0.25, 0.3) is 0 Å². The number of hydrogen-bond acceptors (Lipinski definition) is 5. The molecule has 0 spiro atoms. The van der Waals surface area contributed by atoms with Crippen LogP contribution in [0.15, 0.2) is 0 Å². The van der Waals surface area contributed by atoms with Crippen LogP contribution in [-0.2, 0) is 19.1 Å². The van der Waals surface area contributed by atoms with Crippen molar-refractivity contribution in [1.82, 2.24) is 0 Å². The Kier molecular flexibility index (Phi) is 23.2. The van der Waals surface area contributed by atoms with E-state index in [0.717, 1.165) is 19.3 Å². The first kappa shape index (κ1) is 32.3. The summed E-state index contributed by atoms with van der Waals surface area (Å²) in [5, 5.41) is 9.36. The fraction of sp³-hybridized carbons (Fsp3) is 0.548. The van der Waals surface area contributed by atoms with Gasteiger partial charge in [-0.2, -0.15) is 0 Å². The van der Waals surface area contributed by atoms with Crippen LogP contribution < -0.4 is 0 Å². The summed E-state index contributed by atoms with van der Waals surface area (Å²) in [7, 11) is 0. The highest BCUT2D eigenvalue weighted by atomic mass is 16.6. The summed E-state index contributed by atoms with van der Waals surface area (Å²) >= 11 is 0. The highest BCUT2D eigenvalue weighted by molar-refractivity contribution is 5.89. The van der Waals surface area contributed by atoms with E-state index >= 15 is 0 Å². The van der Waals surface area contributed by atoms with Gasteiger partial charge in [-0.05, 0) is 72.5 Å². The fourth-order valence-electron chi connectivity index (χ4n) is 2.90. The summed E-state index contributed by atoms with van der Waals surface area (Å²) < 4.78 is 10.1. The zero-order valence-corrected chi connectivity index (χ0v) is 21.6. The van der Waals surface area contributed by atoms with Gasteiger partial charge in [0.15, 0.2) is 6.10 Å². The van der Waals surface area contributed by atoms with E-state index in [1.165, 1.54) is 51.4 Å². The molecule has 0 saturated heterocycles. The Hall–Kier alpha value is -3.74. The fourth-order valence-corrected chi connectivity index (χ4v) is 2.90. The van der Waals surface area contributed by atoms with E-state index in [-0.39, 0.29) is 13.0 Å². The summed E-state index contributed by atoms with van der Waals surface area (Å²) in [4.78, 5) is 23.6. The molecule has 0 aromatic heterocycles. The first-order valence-electron chi connectivity index (χ1n) is 12.5. The molecule has 5 heteroatoms. The van der Waals surface area contributed by atoms with Crippen LogP contribution in [-0.4, -0.2) is 36.4 Å². The van der Waals surface area contributed by atoms with Crippen LogP contribution in [0.2, 0.25) is 0 Å². The molecule has 0 aromatic rings. The lowest BCUT2D eigenvalue weighted by molar-refractivity contribution is -0.159. The van der Waals surface area contributed by atoms with Crippen molar-refractivity contribution in [2.24, 2.45) is 0 Å². The van der Waals surface area contributed by atoms with Gasteiger partial charge in [0.1, 0.15) is 6.61 Å². The number of carbonyl (C=O) groups is 2. The number of aliphatic hydroxyl groups is 1. The molecular formula is C31H36O5. The van der Waals surface area contributed by atoms with Crippen molar-refractivity contribution in [2.75, 3.05) is 13.2 Å². The van der Waals surface area contributed by atoms with Gasteiger partial charge < -0.3 is 14.6 Å². The Balaban J connectivity index is 4.01. The van der Waals surface area contributed by atoms with Crippen LogP contribution in [0.5, 0.6) is 0 Å². The Morgan fingerprint density at radius 3 is 1.67 bits per heavy atom. The zero-order chi connectivity index (χ0) is 26.5. The average Bonchev–Trinajstić information content (AvgIpc) is 2.88. The van der Waals surface area contributed by atoms with Gasteiger partial charge in [-0.3, -0.25) is 4.79 Å². The maximum absolute atomic E-state index is 11.9. The van der Waals surface area contributed by atoms with E-state index in [9.17, 15) is 14.7 Å². The third-order valence-electron chi connectivity index (χ3n) is 4.74. The van der Waals surface area contributed by atoms with Crippen molar-refractivity contribution >= 4 is 11.9 Å². The average molecular weight is 489 g/mol. The predicted octanol–water partition coefficient (Wildman–Crippen LogP) is 4.18. The van der Waals surface area contributed by atoms with Gasteiger partial charge in [0.25, 0.3) is 0 Å². The smallest absolute Gasteiger partial charge is 0.385 e. The standard InChI is InChI=1S/C31H36O5/c1-3-5-7-9-11-13-15-17-19-21-23-25-30(33)35-28-29(27-32)36-31(34)26-24-22-20-18-16-14-12-10-8-6-4-2/h29,32H,4,6,8,10,12,14,16,18,20,22,24,26-28H2,1-2H3/t29-/m1/s1. The number of hydrogen-bond donors (Lipinski definition) is 1. The van der Waals surface area contributed by atoms with Crippen LogP contribution in [0.3, 0.4) is 0 Å². The second-order valence-corrected chi connectivity index (χ2v) is 7.80. The molecule has 0 unspecified atom stereocenters. The third kappa shape index (κ3) is 23.4. The summed E-state index contributed by atoms with van der Waals surface area (Å²) in [5.74, 6) is 28.0. The zero-order valence-electron chi connectivity index (χ0n) is 21.6. The Bertz CT molecular complexity index is 1020. The van der Waals surface area contributed by atoms with Gasteiger partial charge in [-0.25, -0.2) is 4.79 Å². The third-order valence-corrected chi connectivity index (χ3v) is 4.74. The van der Waals surface area contributed by atoms with Crippen LogP contribution in [0, 0.1) is 71.0 Å². The van der Waals surface area contributed by atoms with Gasteiger partial charge in [-0.15, -0.1) is 0 Å². The predicted molar refractivity (Wildman–Crippen MR) is 141 cm³/mol.